The van der Waals surface area contributed by atoms with Gasteiger partial charge in [-0.25, -0.2) is 0 Å². The molecule has 0 aromatic heterocycles. The highest BCUT2D eigenvalue weighted by molar-refractivity contribution is 6.05. The van der Waals surface area contributed by atoms with Crippen LogP contribution in [0.25, 0.3) is 0 Å². The number of carbonyl (C=O) groups excluding carboxylic acids is 3. The van der Waals surface area contributed by atoms with Crippen LogP contribution in [0.1, 0.15) is 56.2 Å². The van der Waals surface area contributed by atoms with Crippen LogP contribution >= 0.6 is 0 Å². The van der Waals surface area contributed by atoms with E-state index in [0.717, 1.165) is 37.7 Å². The molecule has 1 saturated heterocycles. The fourth-order valence-electron chi connectivity index (χ4n) is 4.54. The second-order valence-corrected chi connectivity index (χ2v) is 8.45. The number of likely N-dealkylation sites (N-methyl/N-ethyl adjacent to an activating group) is 1. The SMILES string of the molecule is CCc1ccc([C@H](CNC(=O)CCN2C(=O)[C@H]3CCCC[C@H]3C2=O)N(C)C)cc1. The van der Waals surface area contributed by atoms with Gasteiger partial charge in [-0.2, -0.15) is 0 Å². The molecular weight excluding hydrogens is 366 g/mol. The van der Waals surface area contributed by atoms with Gasteiger partial charge in [-0.15, -0.1) is 0 Å². The highest BCUT2D eigenvalue weighted by Crippen LogP contribution is 2.37. The maximum Gasteiger partial charge on any atom is 0.233 e. The molecule has 1 saturated carbocycles. The molecule has 1 aliphatic carbocycles. The van der Waals surface area contributed by atoms with Crippen molar-refractivity contribution in [2.24, 2.45) is 11.8 Å². The van der Waals surface area contributed by atoms with Gasteiger partial charge < -0.3 is 10.2 Å². The molecule has 6 heteroatoms. The molecule has 0 spiro atoms. The van der Waals surface area contributed by atoms with E-state index >= 15 is 0 Å². The lowest BCUT2D eigenvalue weighted by atomic mass is 9.81. The van der Waals surface area contributed by atoms with E-state index in [9.17, 15) is 14.4 Å². The average molecular weight is 400 g/mol. The molecule has 6 nitrogen and oxygen atoms in total. The average Bonchev–Trinajstić information content (AvgIpc) is 2.97. The molecule has 1 aromatic carbocycles. The Kier molecular flexibility index (Phi) is 7.06. The van der Waals surface area contributed by atoms with Crippen molar-refractivity contribution in [1.29, 1.82) is 0 Å². The van der Waals surface area contributed by atoms with Crippen molar-refractivity contribution < 1.29 is 14.4 Å². The van der Waals surface area contributed by atoms with E-state index in [1.54, 1.807) is 0 Å². The van der Waals surface area contributed by atoms with Crippen LogP contribution in [0, 0.1) is 11.8 Å². The third-order valence-electron chi connectivity index (χ3n) is 6.38. The molecule has 0 unspecified atom stereocenters. The lowest BCUT2D eigenvalue weighted by molar-refractivity contribution is -0.140. The van der Waals surface area contributed by atoms with Crippen LogP contribution in [0.4, 0.5) is 0 Å². The maximum absolute atomic E-state index is 12.5. The zero-order valence-electron chi connectivity index (χ0n) is 17.8. The molecule has 158 valence electrons. The smallest absolute Gasteiger partial charge is 0.233 e. The Labute approximate surface area is 173 Å². The largest absolute Gasteiger partial charge is 0.354 e. The third-order valence-corrected chi connectivity index (χ3v) is 6.38. The van der Waals surface area contributed by atoms with Crippen LogP contribution in [0.15, 0.2) is 24.3 Å². The topological polar surface area (TPSA) is 69.7 Å². The second kappa shape index (κ2) is 9.53. The molecular formula is C23H33N3O3. The molecule has 1 N–H and O–H groups in total. The number of nitrogens with zero attached hydrogens (tertiary/aromatic N) is 2. The van der Waals surface area contributed by atoms with Gasteiger partial charge in [-0.1, -0.05) is 44.0 Å². The van der Waals surface area contributed by atoms with Crippen molar-refractivity contribution in [1.82, 2.24) is 15.1 Å². The zero-order chi connectivity index (χ0) is 21.0. The standard InChI is InChI=1S/C23H33N3O3/c1-4-16-9-11-17(12-10-16)20(25(2)3)15-24-21(27)13-14-26-22(28)18-7-5-6-8-19(18)23(26)29/h9-12,18-20H,4-8,13-15H2,1-3H3,(H,24,27)/t18-,19+,20-/m0/s1. The van der Waals surface area contributed by atoms with Crippen LogP contribution in [0.5, 0.6) is 0 Å². The fourth-order valence-corrected chi connectivity index (χ4v) is 4.54. The minimum Gasteiger partial charge on any atom is -0.354 e. The van der Waals surface area contributed by atoms with E-state index in [0.29, 0.717) is 6.54 Å². The first kappa shape index (κ1) is 21.5. The number of amides is 3. The van der Waals surface area contributed by atoms with Crippen LogP contribution in [0.2, 0.25) is 0 Å². The molecule has 1 heterocycles. The molecule has 3 rings (SSSR count). The van der Waals surface area contributed by atoms with Crippen molar-refractivity contribution >= 4 is 17.7 Å². The van der Waals surface area contributed by atoms with Gasteiger partial charge in [0.2, 0.25) is 17.7 Å². The summed E-state index contributed by atoms with van der Waals surface area (Å²) in [6.45, 7) is 2.81. The number of rotatable bonds is 8. The number of fused-ring (bicyclic) bond motifs is 1. The highest BCUT2D eigenvalue weighted by Gasteiger charge is 2.47. The molecule has 1 aliphatic heterocycles. The Morgan fingerprint density at radius 3 is 2.21 bits per heavy atom. The third kappa shape index (κ3) is 4.86. The maximum atomic E-state index is 12.5. The molecule has 2 aliphatic rings. The van der Waals surface area contributed by atoms with Gasteiger partial charge in [0.25, 0.3) is 0 Å². The number of carbonyl (C=O) groups is 3. The van der Waals surface area contributed by atoms with Crippen molar-refractivity contribution in [3.05, 3.63) is 35.4 Å². The summed E-state index contributed by atoms with van der Waals surface area (Å²) in [7, 11) is 3.99. The van der Waals surface area contributed by atoms with Crippen LogP contribution < -0.4 is 5.32 Å². The van der Waals surface area contributed by atoms with Gasteiger partial charge >= 0.3 is 0 Å². The summed E-state index contributed by atoms with van der Waals surface area (Å²) in [5.41, 5.74) is 2.44. The van der Waals surface area contributed by atoms with E-state index < -0.39 is 0 Å². The van der Waals surface area contributed by atoms with E-state index in [2.05, 4.69) is 41.4 Å². The molecule has 3 amide bonds. The molecule has 0 radical (unpaired) electrons. The lowest BCUT2D eigenvalue weighted by Crippen LogP contribution is -2.38. The van der Waals surface area contributed by atoms with Gasteiger partial charge in [-0.3, -0.25) is 19.3 Å². The van der Waals surface area contributed by atoms with E-state index in [-0.39, 0.29) is 48.6 Å². The molecule has 29 heavy (non-hydrogen) atoms. The van der Waals surface area contributed by atoms with E-state index in [1.165, 1.54) is 10.5 Å². The summed E-state index contributed by atoms with van der Waals surface area (Å²) in [6, 6.07) is 8.54. The van der Waals surface area contributed by atoms with Crippen LogP contribution in [0.3, 0.4) is 0 Å². The number of benzene rings is 1. The molecule has 2 fully saturated rings. The summed E-state index contributed by atoms with van der Waals surface area (Å²) in [5, 5.41) is 2.98. The number of hydrogen-bond donors (Lipinski definition) is 1. The predicted octanol–water partition coefficient (Wildman–Crippen LogP) is 2.53. The monoisotopic (exact) mass is 399 g/mol. The first-order valence-electron chi connectivity index (χ1n) is 10.8. The Hall–Kier alpha value is -2.21. The Bertz CT molecular complexity index is 720. The van der Waals surface area contributed by atoms with Gasteiger partial charge in [0, 0.05) is 19.5 Å². The normalized spacial score (nSPS) is 22.7. The van der Waals surface area contributed by atoms with Crippen LogP contribution in [-0.2, 0) is 20.8 Å². The van der Waals surface area contributed by atoms with Crippen molar-refractivity contribution in [2.75, 3.05) is 27.2 Å². The predicted molar refractivity (Wildman–Crippen MR) is 112 cm³/mol. The van der Waals surface area contributed by atoms with Crippen molar-refractivity contribution in [3.63, 3.8) is 0 Å². The summed E-state index contributed by atoms with van der Waals surface area (Å²) >= 11 is 0. The fraction of sp³-hybridized carbons (Fsp3) is 0.609. The van der Waals surface area contributed by atoms with Crippen molar-refractivity contribution in [2.45, 2.75) is 51.5 Å². The van der Waals surface area contributed by atoms with Gasteiger partial charge in [0.05, 0.1) is 17.9 Å². The number of imide groups is 1. The van der Waals surface area contributed by atoms with Crippen molar-refractivity contribution in [3.8, 4) is 0 Å². The summed E-state index contributed by atoms with van der Waals surface area (Å²) in [4.78, 5) is 40.9. The minimum absolute atomic E-state index is 0.0720. The Balaban J connectivity index is 1.51. The lowest BCUT2D eigenvalue weighted by Gasteiger charge is -2.25. The van der Waals surface area contributed by atoms with Crippen LogP contribution in [-0.4, -0.2) is 54.7 Å². The van der Waals surface area contributed by atoms with Gasteiger partial charge in [0.1, 0.15) is 0 Å². The van der Waals surface area contributed by atoms with E-state index in [1.807, 2.05) is 14.1 Å². The molecule has 1 aromatic rings. The first-order chi connectivity index (χ1) is 13.9. The Morgan fingerprint density at radius 2 is 1.69 bits per heavy atom. The second-order valence-electron chi connectivity index (χ2n) is 8.45. The summed E-state index contributed by atoms with van der Waals surface area (Å²) in [6.07, 6.45) is 4.79. The van der Waals surface area contributed by atoms with Gasteiger partial charge in [0.15, 0.2) is 0 Å². The number of nitrogens with one attached hydrogen (secondary N) is 1. The first-order valence-corrected chi connectivity index (χ1v) is 10.8. The number of likely N-dealkylation sites (tertiary alicyclic amines) is 1. The molecule has 0 bridgehead atoms. The Morgan fingerprint density at radius 1 is 1.10 bits per heavy atom. The molecule has 3 atom stereocenters. The summed E-state index contributed by atoms with van der Waals surface area (Å²) < 4.78 is 0. The summed E-state index contributed by atoms with van der Waals surface area (Å²) in [5.74, 6) is -0.575. The highest BCUT2D eigenvalue weighted by atomic mass is 16.2. The van der Waals surface area contributed by atoms with E-state index in [4.69, 9.17) is 0 Å². The number of aryl methyl sites for hydroxylation is 1. The quantitative estimate of drug-likeness (QED) is 0.682. The number of hydrogen-bond acceptors (Lipinski definition) is 4. The minimum atomic E-state index is -0.150. The van der Waals surface area contributed by atoms with Gasteiger partial charge in [-0.05, 0) is 44.5 Å². The zero-order valence-corrected chi connectivity index (χ0v) is 17.8.